The summed E-state index contributed by atoms with van der Waals surface area (Å²) in [4.78, 5) is 25.4. The van der Waals surface area contributed by atoms with Crippen LogP contribution >= 0.6 is 11.3 Å². The van der Waals surface area contributed by atoms with Crippen molar-refractivity contribution in [2.75, 3.05) is 11.9 Å². The van der Waals surface area contributed by atoms with Crippen molar-refractivity contribution in [3.63, 3.8) is 0 Å². The molecule has 4 nitrogen and oxygen atoms in total. The number of carbonyl (C=O) groups excluding carboxylic acids is 2. The van der Waals surface area contributed by atoms with Gasteiger partial charge in [-0.3, -0.25) is 4.79 Å². The second-order valence-corrected chi connectivity index (χ2v) is 7.96. The van der Waals surface area contributed by atoms with Crippen molar-refractivity contribution in [3.05, 3.63) is 76.2 Å². The lowest BCUT2D eigenvalue weighted by Gasteiger charge is -2.17. The third kappa shape index (κ3) is 4.10. The van der Waals surface area contributed by atoms with Crippen molar-refractivity contribution in [2.24, 2.45) is 0 Å². The molecule has 0 saturated carbocycles. The van der Waals surface area contributed by atoms with Gasteiger partial charge >= 0.3 is 5.97 Å². The Kier molecular flexibility index (Phi) is 5.76. The Labute approximate surface area is 174 Å². The number of benzene rings is 2. The Balaban J connectivity index is 1.71. The van der Waals surface area contributed by atoms with E-state index in [0.29, 0.717) is 16.1 Å². The van der Waals surface area contributed by atoms with Gasteiger partial charge < -0.3 is 10.1 Å². The summed E-state index contributed by atoms with van der Waals surface area (Å²) in [5, 5.41) is 5.34. The molecular weight excluding hydrogens is 382 g/mol. The quantitative estimate of drug-likeness (QED) is 0.552. The smallest absolute Gasteiger partial charge is 0.341 e. The molecular formula is C24H23NO3S. The fourth-order valence-corrected chi connectivity index (χ4v) is 4.69. The average molecular weight is 406 g/mol. The second-order valence-electron chi connectivity index (χ2n) is 7.08. The highest BCUT2D eigenvalue weighted by Crippen LogP contribution is 2.38. The zero-order chi connectivity index (χ0) is 20.2. The number of aryl methyl sites for hydroxylation is 2. The minimum Gasteiger partial charge on any atom is -0.462 e. The predicted octanol–water partition coefficient (Wildman–Crippen LogP) is 5.72. The Morgan fingerprint density at radius 2 is 1.79 bits per heavy atom. The fourth-order valence-electron chi connectivity index (χ4n) is 3.73. The molecule has 1 amide bonds. The van der Waals surface area contributed by atoms with E-state index in [1.54, 1.807) is 19.1 Å². The van der Waals surface area contributed by atoms with Crippen LogP contribution in [0.15, 0.2) is 53.9 Å². The van der Waals surface area contributed by atoms with Gasteiger partial charge in [0.1, 0.15) is 10.6 Å². The normalized spacial score (nSPS) is 12.9. The van der Waals surface area contributed by atoms with E-state index in [1.165, 1.54) is 35.3 Å². The van der Waals surface area contributed by atoms with Crippen LogP contribution in [0, 0.1) is 0 Å². The SMILES string of the molecule is CCOC(=O)c1c(-c2ccc3c(c2)CCCC3)csc1NC(=O)c1ccccc1. The molecule has 29 heavy (non-hydrogen) atoms. The first-order valence-electron chi connectivity index (χ1n) is 9.94. The van der Waals surface area contributed by atoms with Gasteiger partial charge in [-0.05, 0) is 61.4 Å². The summed E-state index contributed by atoms with van der Waals surface area (Å²) in [5.74, 6) is -0.653. The molecule has 0 atom stereocenters. The topological polar surface area (TPSA) is 55.4 Å². The van der Waals surface area contributed by atoms with Crippen LogP contribution in [0.2, 0.25) is 0 Å². The molecule has 0 saturated heterocycles. The number of rotatable bonds is 5. The monoisotopic (exact) mass is 405 g/mol. The van der Waals surface area contributed by atoms with Crippen molar-refractivity contribution in [1.29, 1.82) is 0 Å². The number of anilines is 1. The molecule has 1 N–H and O–H groups in total. The third-order valence-corrected chi connectivity index (χ3v) is 6.09. The van der Waals surface area contributed by atoms with Crippen LogP contribution in [-0.2, 0) is 17.6 Å². The van der Waals surface area contributed by atoms with Crippen molar-refractivity contribution in [1.82, 2.24) is 0 Å². The number of thiophene rings is 1. The van der Waals surface area contributed by atoms with Gasteiger partial charge in [-0.2, -0.15) is 0 Å². The summed E-state index contributed by atoms with van der Waals surface area (Å²) >= 11 is 1.35. The van der Waals surface area contributed by atoms with E-state index >= 15 is 0 Å². The maximum atomic E-state index is 12.8. The Hall–Kier alpha value is -2.92. The molecule has 0 aliphatic heterocycles. The first-order valence-corrected chi connectivity index (χ1v) is 10.8. The second kappa shape index (κ2) is 8.62. The lowest BCUT2D eigenvalue weighted by molar-refractivity contribution is 0.0529. The van der Waals surface area contributed by atoms with Crippen molar-refractivity contribution < 1.29 is 14.3 Å². The molecule has 0 fully saturated rings. The zero-order valence-corrected chi connectivity index (χ0v) is 17.2. The Bertz CT molecular complexity index is 1040. The number of amides is 1. The average Bonchev–Trinajstić information content (AvgIpc) is 3.17. The molecule has 148 valence electrons. The van der Waals surface area contributed by atoms with E-state index in [4.69, 9.17) is 4.74 Å². The summed E-state index contributed by atoms with van der Waals surface area (Å²) in [5.41, 5.74) is 5.52. The van der Waals surface area contributed by atoms with Gasteiger partial charge in [0.15, 0.2) is 0 Å². The number of hydrogen-bond donors (Lipinski definition) is 1. The fraction of sp³-hybridized carbons (Fsp3) is 0.250. The summed E-state index contributed by atoms with van der Waals surface area (Å²) in [6, 6.07) is 15.4. The molecule has 3 aromatic rings. The first kappa shape index (κ1) is 19.4. The molecule has 0 bridgehead atoms. The molecule has 0 unspecified atom stereocenters. The van der Waals surface area contributed by atoms with Crippen LogP contribution in [0.4, 0.5) is 5.00 Å². The molecule has 1 aliphatic rings. The number of ether oxygens (including phenoxy) is 1. The molecule has 0 radical (unpaired) electrons. The third-order valence-electron chi connectivity index (χ3n) is 5.19. The summed E-state index contributed by atoms with van der Waals surface area (Å²) in [7, 11) is 0. The molecule has 2 aromatic carbocycles. The minimum atomic E-state index is -0.412. The van der Waals surface area contributed by atoms with Crippen LogP contribution in [0.1, 0.15) is 51.6 Å². The van der Waals surface area contributed by atoms with Gasteiger partial charge in [0.25, 0.3) is 5.91 Å². The molecule has 4 rings (SSSR count). The maximum absolute atomic E-state index is 12.8. The van der Waals surface area contributed by atoms with Crippen molar-refractivity contribution in [3.8, 4) is 11.1 Å². The highest BCUT2D eigenvalue weighted by Gasteiger charge is 2.24. The molecule has 1 aliphatic carbocycles. The minimum absolute atomic E-state index is 0.241. The van der Waals surface area contributed by atoms with E-state index < -0.39 is 5.97 Å². The number of fused-ring (bicyclic) bond motifs is 1. The largest absolute Gasteiger partial charge is 0.462 e. The van der Waals surface area contributed by atoms with Gasteiger partial charge in [0, 0.05) is 16.5 Å². The highest BCUT2D eigenvalue weighted by atomic mass is 32.1. The zero-order valence-electron chi connectivity index (χ0n) is 16.4. The predicted molar refractivity (Wildman–Crippen MR) is 117 cm³/mol. The molecule has 0 spiro atoms. The van der Waals surface area contributed by atoms with Gasteiger partial charge in [-0.25, -0.2) is 4.79 Å². The Morgan fingerprint density at radius 1 is 1.03 bits per heavy atom. The number of carbonyl (C=O) groups is 2. The number of nitrogens with one attached hydrogen (secondary N) is 1. The van der Waals surface area contributed by atoms with Crippen LogP contribution in [0.3, 0.4) is 0 Å². The van der Waals surface area contributed by atoms with Gasteiger partial charge in [0.05, 0.1) is 6.61 Å². The standard InChI is InChI=1S/C24H23NO3S/c1-2-28-24(27)21-20(19-13-12-16-8-6-7-11-18(16)14-19)15-29-23(21)25-22(26)17-9-4-3-5-10-17/h3-5,9-10,12-15H,2,6-8,11H2,1H3,(H,25,26). The summed E-state index contributed by atoms with van der Waals surface area (Å²) in [6.45, 7) is 2.06. The summed E-state index contributed by atoms with van der Waals surface area (Å²) in [6.07, 6.45) is 4.61. The van der Waals surface area contributed by atoms with E-state index in [-0.39, 0.29) is 12.5 Å². The lowest BCUT2D eigenvalue weighted by Crippen LogP contribution is -2.14. The van der Waals surface area contributed by atoms with E-state index in [9.17, 15) is 9.59 Å². The highest BCUT2D eigenvalue weighted by molar-refractivity contribution is 7.15. The van der Waals surface area contributed by atoms with E-state index in [0.717, 1.165) is 24.0 Å². The van der Waals surface area contributed by atoms with Gasteiger partial charge in [-0.1, -0.05) is 36.4 Å². The van der Waals surface area contributed by atoms with Crippen molar-refractivity contribution >= 4 is 28.2 Å². The van der Waals surface area contributed by atoms with Crippen molar-refractivity contribution in [2.45, 2.75) is 32.6 Å². The molecule has 5 heteroatoms. The lowest BCUT2D eigenvalue weighted by atomic mass is 9.89. The van der Waals surface area contributed by atoms with E-state index in [2.05, 4.69) is 23.5 Å². The van der Waals surface area contributed by atoms with E-state index in [1.807, 2.05) is 23.6 Å². The van der Waals surface area contributed by atoms with Crippen LogP contribution in [0.25, 0.3) is 11.1 Å². The first-order chi connectivity index (χ1) is 14.2. The number of hydrogen-bond acceptors (Lipinski definition) is 4. The molecule has 1 aromatic heterocycles. The van der Waals surface area contributed by atoms with Gasteiger partial charge in [-0.15, -0.1) is 11.3 Å². The maximum Gasteiger partial charge on any atom is 0.341 e. The van der Waals surface area contributed by atoms with Crippen LogP contribution in [-0.4, -0.2) is 18.5 Å². The number of esters is 1. The van der Waals surface area contributed by atoms with Gasteiger partial charge in [0.2, 0.25) is 0 Å². The Morgan fingerprint density at radius 3 is 2.55 bits per heavy atom. The molecule has 1 heterocycles. The van der Waals surface area contributed by atoms with Crippen LogP contribution < -0.4 is 5.32 Å². The van der Waals surface area contributed by atoms with Crippen LogP contribution in [0.5, 0.6) is 0 Å². The summed E-state index contributed by atoms with van der Waals surface area (Å²) < 4.78 is 5.31.